The van der Waals surface area contributed by atoms with Crippen LogP contribution in [0.3, 0.4) is 0 Å². The van der Waals surface area contributed by atoms with Crippen molar-refractivity contribution in [3.8, 4) is 0 Å². The van der Waals surface area contributed by atoms with E-state index < -0.39 is 20.0 Å². The molecule has 0 rings (SSSR count). The van der Waals surface area contributed by atoms with Gasteiger partial charge in [-0.1, -0.05) is 122 Å². The number of rotatable bonds is 32. The minimum Gasteiger partial charge on any atom is -0.756 e. The summed E-state index contributed by atoms with van der Waals surface area (Å²) < 4.78 is 22.8. The van der Waals surface area contributed by atoms with Crippen LogP contribution in [0.2, 0.25) is 0 Å². The molecule has 0 radical (unpaired) electrons. The summed E-state index contributed by atoms with van der Waals surface area (Å²) in [6.45, 7) is 4.53. The second kappa shape index (κ2) is 28.5. The number of likely N-dealkylation sites (N-methyl/N-ethyl adjacent to an activating group) is 1. The van der Waals surface area contributed by atoms with Gasteiger partial charge in [0.05, 0.1) is 39.9 Å². The molecule has 0 spiro atoms. The normalized spacial score (nSPS) is 15.0. The molecule has 0 aromatic rings. The van der Waals surface area contributed by atoms with Crippen molar-refractivity contribution in [1.82, 2.24) is 5.32 Å². The zero-order valence-electron chi connectivity index (χ0n) is 29.4. The van der Waals surface area contributed by atoms with E-state index in [1.807, 2.05) is 21.1 Å². The van der Waals surface area contributed by atoms with Crippen molar-refractivity contribution in [2.24, 2.45) is 0 Å². The molecule has 44 heavy (non-hydrogen) atoms. The fourth-order valence-electron chi connectivity index (χ4n) is 5.03. The van der Waals surface area contributed by atoms with Crippen LogP contribution in [0.15, 0.2) is 12.2 Å². The molecule has 262 valence electrons. The number of carbonyl (C=O) groups excluding carboxylic acids is 1. The number of nitrogens with one attached hydrogen (secondary N) is 1. The molecular weight excluding hydrogens is 575 g/mol. The Morgan fingerprint density at radius 1 is 0.773 bits per heavy atom. The number of phosphoric acid groups is 1. The number of amides is 1. The molecule has 0 aliphatic heterocycles. The molecular formula is C35H71N2O6P. The number of hydrogen-bond donors (Lipinski definition) is 2. The van der Waals surface area contributed by atoms with Crippen LogP contribution in [0.4, 0.5) is 0 Å². The van der Waals surface area contributed by atoms with Gasteiger partial charge in [-0.25, -0.2) is 0 Å². The molecule has 0 aromatic heterocycles. The van der Waals surface area contributed by atoms with E-state index in [0.29, 0.717) is 23.9 Å². The molecule has 8 nitrogen and oxygen atoms in total. The van der Waals surface area contributed by atoms with Crippen molar-refractivity contribution >= 4 is 13.7 Å². The van der Waals surface area contributed by atoms with Crippen LogP contribution in [0, 0.1) is 0 Å². The highest BCUT2D eigenvalue weighted by molar-refractivity contribution is 7.45. The van der Waals surface area contributed by atoms with Crippen LogP contribution in [0.1, 0.15) is 155 Å². The lowest BCUT2D eigenvalue weighted by Crippen LogP contribution is -2.46. The molecule has 0 bridgehead atoms. The van der Waals surface area contributed by atoms with E-state index in [1.54, 1.807) is 0 Å². The molecule has 0 heterocycles. The van der Waals surface area contributed by atoms with Crippen LogP contribution in [0.25, 0.3) is 0 Å². The lowest BCUT2D eigenvalue weighted by atomic mass is 10.0. The highest BCUT2D eigenvalue weighted by Crippen LogP contribution is 2.38. The predicted molar refractivity (Wildman–Crippen MR) is 182 cm³/mol. The molecule has 9 heteroatoms. The molecule has 0 aliphatic carbocycles. The largest absolute Gasteiger partial charge is 0.756 e. The Morgan fingerprint density at radius 2 is 1.25 bits per heavy atom. The molecule has 0 fully saturated rings. The Kier molecular flexibility index (Phi) is 28.0. The van der Waals surface area contributed by atoms with Crippen molar-refractivity contribution in [2.45, 2.75) is 167 Å². The molecule has 1 amide bonds. The first-order chi connectivity index (χ1) is 21.0. The van der Waals surface area contributed by atoms with Gasteiger partial charge in [-0.2, -0.15) is 0 Å². The summed E-state index contributed by atoms with van der Waals surface area (Å²) in [6, 6.07) is -0.792. The van der Waals surface area contributed by atoms with Gasteiger partial charge < -0.3 is 28.8 Å². The van der Waals surface area contributed by atoms with Crippen molar-refractivity contribution in [2.75, 3.05) is 40.9 Å². The number of aliphatic hydroxyl groups is 1. The van der Waals surface area contributed by atoms with Crippen LogP contribution in [0.5, 0.6) is 0 Å². The Hall–Kier alpha value is -0.760. The van der Waals surface area contributed by atoms with Gasteiger partial charge >= 0.3 is 0 Å². The van der Waals surface area contributed by atoms with Crippen molar-refractivity contribution < 1.29 is 32.9 Å². The molecule has 0 aromatic carbocycles. The summed E-state index contributed by atoms with van der Waals surface area (Å²) in [4.78, 5) is 24.8. The smallest absolute Gasteiger partial charge is 0.268 e. The third kappa shape index (κ3) is 29.9. The number of phosphoric ester groups is 1. The lowest BCUT2D eigenvalue weighted by Gasteiger charge is -2.30. The second-order valence-electron chi connectivity index (χ2n) is 13.6. The average molecular weight is 647 g/mol. The van der Waals surface area contributed by atoms with E-state index in [9.17, 15) is 19.4 Å². The zero-order chi connectivity index (χ0) is 32.9. The maximum absolute atomic E-state index is 12.6. The Bertz CT molecular complexity index is 743. The number of unbranched alkanes of at least 4 members (excludes halogenated alkanes) is 17. The number of nitrogens with zero attached hydrogens (tertiary/aromatic N) is 1. The zero-order valence-corrected chi connectivity index (χ0v) is 30.3. The van der Waals surface area contributed by atoms with Gasteiger partial charge in [0.25, 0.3) is 7.82 Å². The fourth-order valence-corrected chi connectivity index (χ4v) is 5.75. The summed E-state index contributed by atoms with van der Waals surface area (Å²) in [5.74, 6) is -0.180. The first kappa shape index (κ1) is 43.2. The minimum absolute atomic E-state index is 0.0113. The van der Waals surface area contributed by atoms with Gasteiger partial charge in [0, 0.05) is 6.42 Å². The third-order valence-electron chi connectivity index (χ3n) is 8.00. The number of quaternary nitrogens is 1. The minimum atomic E-state index is -4.53. The quantitative estimate of drug-likeness (QED) is 0.0330. The highest BCUT2D eigenvalue weighted by Gasteiger charge is 2.24. The maximum Gasteiger partial charge on any atom is 0.268 e. The van der Waals surface area contributed by atoms with Gasteiger partial charge in [-0.3, -0.25) is 9.36 Å². The first-order valence-corrected chi connectivity index (χ1v) is 19.5. The third-order valence-corrected chi connectivity index (χ3v) is 8.97. The van der Waals surface area contributed by atoms with Crippen LogP contribution >= 0.6 is 7.82 Å². The van der Waals surface area contributed by atoms with Gasteiger partial charge in [-0.05, 0) is 38.5 Å². The van der Waals surface area contributed by atoms with E-state index in [4.69, 9.17) is 9.05 Å². The van der Waals surface area contributed by atoms with Crippen LogP contribution in [-0.4, -0.2) is 68.5 Å². The fraction of sp³-hybridized carbons (Fsp3) is 0.914. The summed E-state index contributed by atoms with van der Waals surface area (Å²) in [5.41, 5.74) is 0. The summed E-state index contributed by atoms with van der Waals surface area (Å²) >= 11 is 0. The van der Waals surface area contributed by atoms with Crippen LogP contribution in [-0.2, 0) is 18.4 Å². The Morgan fingerprint density at radius 3 is 1.77 bits per heavy atom. The topological polar surface area (TPSA) is 108 Å². The Balaban J connectivity index is 4.06. The van der Waals surface area contributed by atoms with Crippen LogP contribution < -0.4 is 10.2 Å². The van der Waals surface area contributed by atoms with Gasteiger partial charge in [0.1, 0.15) is 13.2 Å². The molecule has 0 saturated carbocycles. The van der Waals surface area contributed by atoms with E-state index in [-0.39, 0.29) is 19.1 Å². The second-order valence-corrected chi connectivity index (χ2v) is 15.0. The monoisotopic (exact) mass is 647 g/mol. The number of allylic oxidation sites excluding steroid dienone is 2. The standard InChI is InChI=1S/C35H71N2O6P/c1-6-8-10-11-12-13-14-15-16-17-18-19-20-21-22-23-24-25-27-29-35(39)36-33(34(38)28-26-9-7-2)32-43-44(40,41)42-31-30-37(3,4)5/h15-16,33-34,38H,6-14,17-32H2,1-5H3,(H-,36,39,40,41)/b16-15-. The van der Waals surface area contributed by atoms with E-state index in [0.717, 1.165) is 38.5 Å². The molecule has 3 atom stereocenters. The van der Waals surface area contributed by atoms with Gasteiger partial charge in [-0.15, -0.1) is 0 Å². The molecule has 2 N–H and O–H groups in total. The number of carbonyl (C=O) groups is 1. The molecule has 0 aliphatic rings. The van der Waals surface area contributed by atoms with Gasteiger partial charge in [0.2, 0.25) is 5.91 Å². The van der Waals surface area contributed by atoms with Crippen molar-refractivity contribution in [1.29, 1.82) is 0 Å². The predicted octanol–water partition coefficient (Wildman–Crippen LogP) is 8.22. The number of hydrogen-bond acceptors (Lipinski definition) is 6. The summed E-state index contributed by atoms with van der Waals surface area (Å²) in [7, 11) is 1.30. The van der Waals surface area contributed by atoms with Crippen molar-refractivity contribution in [3.05, 3.63) is 12.2 Å². The van der Waals surface area contributed by atoms with E-state index >= 15 is 0 Å². The molecule has 3 unspecified atom stereocenters. The SMILES string of the molecule is CCCCCCCC/C=C\CCCCCCCCCCCC(=O)NC(COP(=O)([O-])OCC[N+](C)(C)C)C(O)CCCCC. The van der Waals surface area contributed by atoms with E-state index in [1.165, 1.54) is 89.9 Å². The first-order valence-electron chi connectivity index (χ1n) is 18.0. The molecule has 0 saturated heterocycles. The summed E-state index contributed by atoms with van der Waals surface area (Å²) in [5, 5.41) is 13.5. The van der Waals surface area contributed by atoms with E-state index in [2.05, 4.69) is 31.3 Å². The summed E-state index contributed by atoms with van der Waals surface area (Å²) in [6.07, 6.45) is 28.6. The maximum atomic E-state index is 12.6. The number of aliphatic hydroxyl groups excluding tert-OH is 1. The highest BCUT2D eigenvalue weighted by atomic mass is 31.2. The van der Waals surface area contributed by atoms with Crippen molar-refractivity contribution in [3.63, 3.8) is 0 Å². The lowest BCUT2D eigenvalue weighted by molar-refractivity contribution is -0.870. The average Bonchev–Trinajstić information content (AvgIpc) is 2.95. The van der Waals surface area contributed by atoms with Gasteiger partial charge in [0.15, 0.2) is 0 Å². The Labute approximate surface area is 272 Å².